The number of carbonyl (C=O) groups is 2. The predicted octanol–water partition coefficient (Wildman–Crippen LogP) is 2.80. The van der Waals surface area contributed by atoms with E-state index in [9.17, 15) is 9.59 Å². The Balaban J connectivity index is 2.41. The number of terminal acetylenes is 1. The molecule has 0 aromatic rings. The van der Waals surface area contributed by atoms with E-state index in [1.165, 1.54) is 13.8 Å². The Morgan fingerprint density at radius 2 is 1.81 bits per heavy atom. The molecule has 1 spiro atoms. The summed E-state index contributed by atoms with van der Waals surface area (Å²) in [5.41, 5.74) is 0. The zero-order chi connectivity index (χ0) is 23.4. The second kappa shape index (κ2) is 10.0. The third-order valence-corrected chi connectivity index (χ3v) is 10.7. The molecule has 2 saturated heterocycles. The molecule has 0 unspecified atom stereocenters. The quantitative estimate of drug-likeness (QED) is 0.328. The van der Waals surface area contributed by atoms with E-state index in [1.54, 1.807) is 0 Å². The first-order valence-electron chi connectivity index (χ1n) is 10.7. The van der Waals surface area contributed by atoms with Crippen LogP contribution in [0.25, 0.3) is 0 Å². The van der Waals surface area contributed by atoms with Gasteiger partial charge in [0, 0.05) is 20.3 Å². The summed E-state index contributed by atoms with van der Waals surface area (Å²) in [4.78, 5) is 23.8. The van der Waals surface area contributed by atoms with Crippen LogP contribution in [0.1, 0.15) is 47.5 Å². The minimum Gasteiger partial charge on any atom is -0.457 e. The first kappa shape index (κ1) is 25.8. The standard InChI is InChI=1S/C22H36O8Si/c1-9-12-25-19-18(28-15(2)23)17(14-27-31(7,8)21(4,5)6)30-22(11-10-13-26-22)20(19)29-16(3)24/h1,17-20H,10-14H2,2-8H3/t17-,18+,19+,20-,22+/m1/s1. The van der Waals surface area contributed by atoms with E-state index in [2.05, 4.69) is 39.8 Å². The Labute approximate surface area is 186 Å². The van der Waals surface area contributed by atoms with E-state index in [4.69, 9.17) is 34.5 Å². The first-order valence-corrected chi connectivity index (χ1v) is 13.6. The zero-order valence-electron chi connectivity index (χ0n) is 19.7. The van der Waals surface area contributed by atoms with Gasteiger partial charge in [0.2, 0.25) is 5.79 Å². The van der Waals surface area contributed by atoms with Crippen LogP contribution in [0.15, 0.2) is 0 Å². The van der Waals surface area contributed by atoms with Gasteiger partial charge in [0.25, 0.3) is 0 Å². The molecule has 9 heteroatoms. The van der Waals surface area contributed by atoms with E-state index >= 15 is 0 Å². The maximum atomic E-state index is 11.9. The molecule has 0 aliphatic carbocycles. The van der Waals surface area contributed by atoms with Crippen molar-refractivity contribution in [1.29, 1.82) is 0 Å². The minimum atomic E-state index is -2.12. The van der Waals surface area contributed by atoms with Gasteiger partial charge in [0.05, 0.1) is 13.2 Å². The van der Waals surface area contributed by atoms with Crippen molar-refractivity contribution in [3.63, 3.8) is 0 Å². The van der Waals surface area contributed by atoms with Crippen molar-refractivity contribution >= 4 is 20.3 Å². The molecule has 2 aliphatic rings. The summed E-state index contributed by atoms with van der Waals surface area (Å²) in [5, 5.41) is -0.0141. The summed E-state index contributed by atoms with van der Waals surface area (Å²) in [7, 11) is -2.12. The topological polar surface area (TPSA) is 89.5 Å². The molecule has 0 saturated carbocycles. The summed E-state index contributed by atoms with van der Waals surface area (Å²) in [5.74, 6) is 0.191. The summed E-state index contributed by atoms with van der Waals surface area (Å²) in [6.45, 7) is 13.9. The van der Waals surface area contributed by atoms with Crippen molar-refractivity contribution in [3.05, 3.63) is 0 Å². The number of carbonyl (C=O) groups excluding carboxylic acids is 2. The molecular weight excluding hydrogens is 420 g/mol. The van der Waals surface area contributed by atoms with Crippen LogP contribution >= 0.6 is 0 Å². The molecule has 2 rings (SSSR count). The fourth-order valence-electron chi connectivity index (χ4n) is 3.61. The number of hydrogen-bond donors (Lipinski definition) is 0. The summed E-state index contributed by atoms with van der Waals surface area (Å²) >= 11 is 0. The van der Waals surface area contributed by atoms with Crippen molar-refractivity contribution in [2.45, 2.75) is 95.8 Å². The van der Waals surface area contributed by atoms with E-state index < -0.39 is 50.5 Å². The Hall–Kier alpha value is -1.44. The monoisotopic (exact) mass is 456 g/mol. The Morgan fingerprint density at radius 3 is 2.29 bits per heavy atom. The van der Waals surface area contributed by atoms with Gasteiger partial charge in [-0.05, 0) is 24.6 Å². The lowest BCUT2D eigenvalue weighted by molar-refractivity contribution is -0.354. The molecule has 0 aromatic carbocycles. The smallest absolute Gasteiger partial charge is 0.303 e. The highest BCUT2D eigenvalue weighted by Gasteiger charge is 2.61. The average Bonchev–Trinajstić information content (AvgIpc) is 3.10. The van der Waals surface area contributed by atoms with Crippen LogP contribution in [-0.2, 0) is 37.7 Å². The largest absolute Gasteiger partial charge is 0.457 e. The van der Waals surface area contributed by atoms with Crippen LogP contribution in [0.2, 0.25) is 18.1 Å². The van der Waals surface area contributed by atoms with Gasteiger partial charge in [-0.1, -0.05) is 26.7 Å². The Kier molecular flexibility index (Phi) is 8.33. The Morgan fingerprint density at radius 1 is 1.16 bits per heavy atom. The van der Waals surface area contributed by atoms with Gasteiger partial charge < -0.3 is 28.1 Å². The van der Waals surface area contributed by atoms with Gasteiger partial charge in [-0.15, -0.1) is 6.42 Å². The number of rotatable bonds is 7. The highest BCUT2D eigenvalue weighted by molar-refractivity contribution is 6.74. The first-order chi connectivity index (χ1) is 14.3. The fraction of sp³-hybridized carbons (Fsp3) is 0.818. The molecule has 0 radical (unpaired) electrons. The van der Waals surface area contributed by atoms with Crippen LogP contribution in [0.4, 0.5) is 0 Å². The maximum absolute atomic E-state index is 11.9. The van der Waals surface area contributed by atoms with E-state index in [0.717, 1.165) is 6.42 Å². The number of ether oxygens (including phenoxy) is 5. The van der Waals surface area contributed by atoms with E-state index in [-0.39, 0.29) is 18.3 Å². The molecule has 8 nitrogen and oxygen atoms in total. The van der Waals surface area contributed by atoms with Crippen molar-refractivity contribution in [2.24, 2.45) is 0 Å². The highest BCUT2D eigenvalue weighted by Crippen LogP contribution is 2.43. The van der Waals surface area contributed by atoms with Gasteiger partial charge in [-0.3, -0.25) is 9.59 Å². The SMILES string of the molecule is C#CCO[C@H]1[C@@H](OC(C)=O)[C@@H](CO[Si](C)(C)C(C)(C)C)O[C@@]2(CCCO2)[C@@H]1OC(C)=O. The van der Waals surface area contributed by atoms with Gasteiger partial charge in [-0.25, -0.2) is 0 Å². The molecule has 0 amide bonds. The third kappa shape index (κ3) is 6.08. The molecule has 2 heterocycles. The summed E-state index contributed by atoms with van der Waals surface area (Å²) in [6, 6.07) is 0. The fourth-order valence-corrected chi connectivity index (χ4v) is 4.62. The van der Waals surface area contributed by atoms with Crippen molar-refractivity contribution in [1.82, 2.24) is 0 Å². The lowest BCUT2D eigenvalue weighted by Crippen LogP contribution is -2.68. The maximum Gasteiger partial charge on any atom is 0.303 e. The second-order valence-electron chi connectivity index (χ2n) is 9.58. The van der Waals surface area contributed by atoms with Gasteiger partial charge in [-0.2, -0.15) is 0 Å². The number of hydrogen-bond acceptors (Lipinski definition) is 8. The van der Waals surface area contributed by atoms with E-state index in [0.29, 0.717) is 13.0 Å². The highest BCUT2D eigenvalue weighted by atomic mass is 28.4. The lowest BCUT2D eigenvalue weighted by Gasteiger charge is -2.50. The normalized spacial score (nSPS) is 31.3. The molecule has 2 fully saturated rings. The molecule has 0 N–H and O–H groups in total. The van der Waals surface area contributed by atoms with Crippen molar-refractivity contribution < 1.29 is 37.7 Å². The molecule has 176 valence electrons. The molecule has 5 atom stereocenters. The Bertz CT molecular complexity index is 687. The minimum absolute atomic E-state index is 0.0141. The zero-order valence-corrected chi connectivity index (χ0v) is 20.7. The third-order valence-electron chi connectivity index (χ3n) is 6.16. The van der Waals surface area contributed by atoms with Crippen LogP contribution in [0.3, 0.4) is 0 Å². The predicted molar refractivity (Wildman–Crippen MR) is 116 cm³/mol. The average molecular weight is 457 g/mol. The molecular formula is C22H36O8Si. The van der Waals surface area contributed by atoms with Crippen LogP contribution in [0.5, 0.6) is 0 Å². The van der Waals surface area contributed by atoms with E-state index in [1.807, 2.05) is 0 Å². The van der Waals surface area contributed by atoms with Crippen molar-refractivity contribution in [3.8, 4) is 12.3 Å². The van der Waals surface area contributed by atoms with Crippen molar-refractivity contribution in [2.75, 3.05) is 19.8 Å². The molecule has 0 aromatic heterocycles. The van der Waals surface area contributed by atoms with Gasteiger partial charge in [0.15, 0.2) is 20.5 Å². The number of esters is 2. The summed E-state index contributed by atoms with van der Waals surface area (Å²) < 4.78 is 35.8. The molecule has 31 heavy (non-hydrogen) atoms. The second-order valence-corrected chi connectivity index (χ2v) is 14.4. The van der Waals surface area contributed by atoms with Gasteiger partial charge in [0.1, 0.15) is 18.8 Å². The van der Waals surface area contributed by atoms with Crippen LogP contribution in [-0.4, -0.2) is 70.3 Å². The molecule has 0 bridgehead atoms. The van der Waals surface area contributed by atoms with Crippen LogP contribution < -0.4 is 0 Å². The van der Waals surface area contributed by atoms with Crippen LogP contribution in [0, 0.1) is 12.3 Å². The lowest BCUT2D eigenvalue weighted by atomic mass is 9.90. The van der Waals surface area contributed by atoms with Gasteiger partial charge >= 0.3 is 11.9 Å². The summed E-state index contributed by atoms with van der Waals surface area (Å²) in [6.07, 6.45) is 3.30. The molecule has 2 aliphatic heterocycles.